The Labute approximate surface area is 217 Å². The van der Waals surface area contributed by atoms with Crippen molar-refractivity contribution >= 4 is 52.4 Å². The molecule has 1 amide bonds. The molecule has 0 unspecified atom stereocenters. The molecule has 0 saturated heterocycles. The van der Waals surface area contributed by atoms with Crippen molar-refractivity contribution in [3.63, 3.8) is 0 Å². The fraction of sp³-hybridized carbons (Fsp3) is 0.192. The standard InChI is InChI=1S/C26H21Cl3N2O4/c1-26(2)13-21(30-22(32)9-10-23(33)34)19-12-18(14-3-5-15(27)6-4-14)24(31-25(19)35-26)17-8-7-16(28)11-20(17)29/h3-8,11-13H,9-10H2,1-2H3,(H,30,32)(H,33,34). The highest BCUT2D eigenvalue weighted by Crippen LogP contribution is 2.42. The zero-order chi connectivity index (χ0) is 25.3. The summed E-state index contributed by atoms with van der Waals surface area (Å²) in [5, 5.41) is 13.2. The van der Waals surface area contributed by atoms with Crippen LogP contribution in [-0.2, 0) is 9.59 Å². The second-order valence-electron chi connectivity index (χ2n) is 8.57. The van der Waals surface area contributed by atoms with E-state index in [9.17, 15) is 9.59 Å². The lowest BCUT2D eigenvalue weighted by Gasteiger charge is -2.31. The van der Waals surface area contributed by atoms with Crippen molar-refractivity contribution in [2.75, 3.05) is 0 Å². The summed E-state index contributed by atoms with van der Waals surface area (Å²) in [7, 11) is 0. The quantitative estimate of drug-likeness (QED) is 0.362. The molecule has 0 saturated carbocycles. The number of benzene rings is 2. The first-order valence-electron chi connectivity index (χ1n) is 10.7. The van der Waals surface area contributed by atoms with E-state index in [0.29, 0.717) is 43.5 Å². The Hall–Kier alpha value is -3.06. The van der Waals surface area contributed by atoms with Gasteiger partial charge in [-0.2, -0.15) is 0 Å². The molecule has 35 heavy (non-hydrogen) atoms. The molecule has 2 aromatic carbocycles. The van der Waals surface area contributed by atoms with Crippen LogP contribution in [0.2, 0.25) is 15.1 Å². The molecule has 0 atom stereocenters. The van der Waals surface area contributed by atoms with E-state index in [4.69, 9.17) is 49.6 Å². The van der Waals surface area contributed by atoms with E-state index in [-0.39, 0.29) is 12.8 Å². The summed E-state index contributed by atoms with van der Waals surface area (Å²) in [6, 6.07) is 14.3. The van der Waals surface area contributed by atoms with Gasteiger partial charge in [-0.15, -0.1) is 0 Å². The lowest BCUT2D eigenvalue weighted by Crippen LogP contribution is -2.34. The molecule has 3 aromatic rings. The van der Waals surface area contributed by atoms with Gasteiger partial charge in [0.05, 0.1) is 28.4 Å². The summed E-state index contributed by atoms with van der Waals surface area (Å²) in [5.41, 5.74) is 3.06. The first-order chi connectivity index (χ1) is 16.5. The van der Waals surface area contributed by atoms with Crippen LogP contribution < -0.4 is 10.1 Å². The average Bonchev–Trinajstić information content (AvgIpc) is 2.77. The zero-order valence-electron chi connectivity index (χ0n) is 18.9. The molecule has 4 rings (SSSR count). The topological polar surface area (TPSA) is 88.5 Å². The molecule has 2 heterocycles. The smallest absolute Gasteiger partial charge is 0.303 e. The number of ether oxygens (including phenoxy) is 1. The minimum absolute atomic E-state index is 0.154. The second kappa shape index (κ2) is 9.90. The van der Waals surface area contributed by atoms with Crippen LogP contribution in [0.5, 0.6) is 5.88 Å². The average molecular weight is 532 g/mol. The van der Waals surface area contributed by atoms with Gasteiger partial charge in [0, 0.05) is 27.6 Å². The SMILES string of the molecule is CC1(C)C=C(NC(=O)CCC(=O)O)c2cc(-c3ccc(Cl)cc3)c(-c3ccc(Cl)cc3Cl)nc2O1. The fourth-order valence-corrected chi connectivity index (χ4v) is 4.37. The maximum atomic E-state index is 12.5. The van der Waals surface area contributed by atoms with Gasteiger partial charge >= 0.3 is 5.97 Å². The third-order valence-electron chi connectivity index (χ3n) is 5.31. The maximum absolute atomic E-state index is 12.5. The van der Waals surface area contributed by atoms with Gasteiger partial charge in [0.2, 0.25) is 11.8 Å². The van der Waals surface area contributed by atoms with Crippen molar-refractivity contribution in [2.45, 2.75) is 32.3 Å². The normalized spacial score (nSPS) is 13.9. The predicted octanol–water partition coefficient (Wildman–Crippen LogP) is 6.87. The molecule has 0 spiro atoms. The summed E-state index contributed by atoms with van der Waals surface area (Å²) in [6.45, 7) is 3.67. The number of pyridine rings is 1. The van der Waals surface area contributed by atoms with Gasteiger partial charge < -0.3 is 15.2 Å². The third kappa shape index (κ3) is 5.78. The first kappa shape index (κ1) is 25.0. The Morgan fingerprint density at radius 3 is 2.29 bits per heavy atom. The van der Waals surface area contributed by atoms with E-state index >= 15 is 0 Å². The Morgan fingerprint density at radius 2 is 1.63 bits per heavy atom. The van der Waals surface area contributed by atoms with E-state index in [0.717, 1.165) is 11.1 Å². The molecule has 180 valence electrons. The summed E-state index contributed by atoms with van der Waals surface area (Å²) in [6.07, 6.45) is 1.35. The Kier molecular flexibility index (Phi) is 7.08. The number of aromatic nitrogens is 1. The van der Waals surface area contributed by atoms with Crippen LogP contribution >= 0.6 is 34.8 Å². The van der Waals surface area contributed by atoms with E-state index < -0.39 is 17.5 Å². The van der Waals surface area contributed by atoms with Crippen LogP contribution in [0, 0.1) is 0 Å². The van der Waals surface area contributed by atoms with Crippen LogP contribution in [0.25, 0.3) is 28.1 Å². The molecule has 2 N–H and O–H groups in total. The van der Waals surface area contributed by atoms with Gasteiger partial charge in [-0.25, -0.2) is 4.98 Å². The maximum Gasteiger partial charge on any atom is 0.303 e. The third-order valence-corrected chi connectivity index (χ3v) is 6.11. The summed E-state index contributed by atoms with van der Waals surface area (Å²) < 4.78 is 6.14. The van der Waals surface area contributed by atoms with Gasteiger partial charge in [0.1, 0.15) is 5.60 Å². The Morgan fingerprint density at radius 1 is 0.943 bits per heavy atom. The summed E-state index contributed by atoms with van der Waals surface area (Å²) >= 11 is 18.8. The number of carboxylic acids is 1. The van der Waals surface area contributed by atoms with Gasteiger partial charge in [-0.05, 0) is 61.9 Å². The van der Waals surface area contributed by atoms with Gasteiger partial charge in [-0.1, -0.05) is 46.9 Å². The number of amides is 1. The number of carbonyl (C=O) groups is 2. The molecule has 6 nitrogen and oxygen atoms in total. The molecule has 0 bridgehead atoms. The molecule has 1 aromatic heterocycles. The number of nitrogens with one attached hydrogen (secondary N) is 1. The highest BCUT2D eigenvalue weighted by molar-refractivity contribution is 6.36. The highest BCUT2D eigenvalue weighted by atomic mass is 35.5. The lowest BCUT2D eigenvalue weighted by molar-refractivity contribution is -0.138. The molecule has 0 aliphatic carbocycles. The second-order valence-corrected chi connectivity index (χ2v) is 9.85. The van der Waals surface area contributed by atoms with Crippen LogP contribution in [0.15, 0.2) is 54.6 Å². The molecule has 0 fully saturated rings. The lowest BCUT2D eigenvalue weighted by atomic mass is 9.94. The number of hydrogen-bond donors (Lipinski definition) is 2. The number of hydrogen-bond acceptors (Lipinski definition) is 4. The highest BCUT2D eigenvalue weighted by Gasteiger charge is 2.30. The minimum Gasteiger partial charge on any atom is -0.481 e. The first-order valence-corrected chi connectivity index (χ1v) is 11.9. The van der Waals surface area contributed by atoms with Crippen molar-refractivity contribution < 1.29 is 19.4 Å². The van der Waals surface area contributed by atoms with Crippen LogP contribution in [0.1, 0.15) is 32.3 Å². The summed E-state index contributed by atoms with van der Waals surface area (Å²) in [4.78, 5) is 28.2. The van der Waals surface area contributed by atoms with Gasteiger partial charge in [-0.3, -0.25) is 9.59 Å². The molecular formula is C26H21Cl3N2O4. The number of carboxylic acid groups (broad SMARTS) is 1. The largest absolute Gasteiger partial charge is 0.481 e. The Balaban J connectivity index is 1.88. The summed E-state index contributed by atoms with van der Waals surface area (Å²) in [5.74, 6) is -1.15. The number of carbonyl (C=O) groups excluding carboxylic acids is 1. The van der Waals surface area contributed by atoms with Crippen molar-refractivity contribution in [2.24, 2.45) is 0 Å². The van der Waals surface area contributed by atoms with Gasteiger partial charge in [0.25, 0.3) is 0 Å². The number of halogens is 3. The zero-order valence-corrected chi connectivity index (χ0v) is 21.1. The number of fused-ring (bicyclic) bond motifs is 1. The van der Waals surface area contributed by atoms with Crippen molar-refractivity contribution in [3.05, 3.63) is 75.2 Å². The van der Waals surface area contributed by atoms with Crippen LogP contribution in [0.4, 0.5) is 0 Å². The molecule has 1 aliphatic rings. The number of rotatable bonds is 6. The van der Waals surface area contributed by atoms with Crippen molar-refractivity contribution in [1.82, 2.24) is 10.3 Å². The molecule has 0 radical (unpaired) electrons. The number of aliphatic carboxylic acids is 1. The van der Waals surface area contributed by atoms with E-state index in [1.807, 2.05) is 32.0 Å². The monoisotopic (exact) mass is 530 g/mol. The van der Waals surface area contributed by atoms with E-state index in [1.54, 1.807) is 36.4 Å². The number of nitrogens with zero attached hydrogens (tertiary/aromatic N) is 1. The molecule has 9 heteroatoms. The molecule has 1 aliphatic heterocycles. The van der Waals surface area contributed by atoms with Crippen molar-refractivity contribution in [1.29, 1.82) is 0 Å². The minimum atomic E-state index is -1.04. The van der Waals surface area contributed by atoms with Crippen LogP contribution in [0.3, 0.4) is 0 Å². The van der Waals surface area contributed by atoms with Gasteiger partial charge in [0.15, 0.2) is 0 Å². The molecular weight excluding hydrogens is 511 g/mol. The Bertz CT molecular complexity index is 1350. The predicted molar refractivity (Wildman–Crippen MR) is 138 cm³/mol. The van der Waals surface area contributed by atoms with E-state index in [1.165, 1.54) is 0 Å². The fourth-order valence-electron chi connectivity index (χ4n) is 3.74. The van der Waals surface area contributed by atoms with E-state index in [2.05, 4.69) is 5.32 Å². The van der Waals surface area contributed by atoms with Crippen LogP contribution in [-0.4, -0.2) is 27.6 Å². The van der Waals surface area contributed by atoms with Crippen molar-refractivity contribution in [3.8, 4) is 28.3 Å².